The fourth-order valence-corrected chi connectivity index (χ4v) is 1.42. The lowest BCUT2D eigenvalue weighted by molar-refractivity contribution is -0.384. The number of benzene rings is 1. The van der Waals surface area contributed by atoms with E-state index < -0.39 is 23.2 Å². The molecule has 19 heavy (non-hydrogen) atoms. The van der Waals surface area contributed by atoms with Gasteiger partial charge in [-0.2, -0.15) is 0 Å². The predicted octanol–water partition coefficient (Wildman–Crippen LogP) is 2.43. The molecule has 7 heteroatoms. The first-order valence-corrected chi connectivity index (χ1v) is 5.61. The van der Waals surface area contributed by atoms with Crippen LogP contribution in [0, 0.1) is 10.1 Å². The van der Waals surface area contributed by atoms with Crippen molar-refractivity contribution in [2.24, 2.45) is 0 Å². The van der Waals surface area contributed by atoms with Gasteiger partial charge in [-0.1, -0.05) is 12.1 Å². The molecule has 1 rings (SSSR count). The summed E-state index contributed by atoms with van der Waals surface area (Å²) in [6.07, 6.45) is -0.809. The normalized spacial score (nSPS) is 10.9. The van der Waals surface area contributed by atoms with Crippen molar-refractivity contribution in [1.82, 2.24) is 0 Å². The largest absolute Gasteiger partial charge is 0.444 e. The number of aliphatic hydroxyl groups is 1. The summed E-state index contributed by atoms with van der Waals surface area (Å²) in [4.78, 5) is 21.9. The molecule has 0 saturated carbocycles. The monoisotopic (exact) mass is 268 g/mol. The number of carbonyl (C=O) groups excluding carboxylic acids is 1. The van der Waals surface area contributed by atoms with E-state index in [1.807, 2.05) is 0 Å². The van der Waals surface area contributed by atoms with Crippen LogP contribution in [0.25, 0.3) is 0 Å². The molecule has 1 amide bonds. The minimum Gasteiger partial charge on any atom is -0.444 e. The van der Waals surface area contributed by atoms with E-state index in [1.165, 1.54) is 18.2 Å². The highest BCUT2D eigenvalue weighted by Crippen LogP contribution is 2.28. The minimum absolute atomic E-state index is 0.0516. The summed E-state index contributed by atoms with van der Waals surface area (Å²) in [7, 11) is 0. The van der Waals surface area contributed by atoms with Crippen LogP contribution in [0.2, 0.25) is 0 Å². The second kappa shape index (κ2) is 5.66. The molecule has 0 fully saturated rings. The standard InChI is InChI=1S/C12H16N2O5/c1-12(2,3)19-11(16)13-10-8(7-15)5-4-6-9(10)14(17)18/h4-6,15H,7H2,1-3H3,(H,13,16). The molecule has 2 N–H and O–H groups in total. The summed E-state index contributed by atoms with van der Waals surface area (Å²) >= 11 is 0. The van der Waals surface area contributed by atoms with E-state index in [1.54, 1.807) is 20.8 Å². The molecule has 1 aromatic carbocycles. The van der Waals surface area contributed by atoms with Gasteiger partial charge in [-0.3, -0.25) is 15.4 Å². The minimum atomic E-state index is -0.809. The third kappa shape index (κ3) is 4.22. The Morgan fingerprint density at radius 1 is 1.47 bits per heavy atom. The molecule has 7 nitrogen and oxygen atoms in total. The highest BCUT2D eigenvalue weighted by molar-refractivity contribution is 5.89. The predicted molar refractivity (Wildman–Crippen MR) is 68.9 cm³/mol. The molecule has 0 heterocycles. The van der Waals surface area contributed by atoms with Crippen molar-refractivity contribution in [3.05, 3.63) is 33.9 Å². The van der Waals surface area contributed by atoms with Crippen molar-refractivity contribution in [3.8, 4) is 0 Å². The Morgan fingerprint density at radius 3 is 2.58 bits per heavy atom. The zero-order valence-electron chi connectivity index (χ0n) is 11.0. The lowest BCUT2D eigenvalue weighted by atomic mass is 10.1. The van der Waals surface area contributed by atoms with E-state index in [2.05, 4.69) is 5.32 Å². The third-order valence-electron chi connectivity index (χ3n) is 2.12. The number of amides is 1. The Labute approximate surface area is 110 Å². The van der Waals surface area contributed by atoms with Gasteiger partial charge in [0.15, 0.2) is 0 Å². The summed E-state index contributed by atoms with van der Waals surface area (Å²) in [5.41, 5.74) is -0.811. The van der Waals surface area contributed by atoms with Crippen LogP contribution < -0.4 is 5.32 Å². The molecular formula is C12H16N2O5. The number of para-hydroxylation sites is 1. The van der Waals surface area contributed by atoms with Gasteiger partial charge in [0.2, 0.25) is 0 Å². The first-order chi connectivity index (χ1) is 8.74. The number of anilines is 1. The molecule has 0 aliphatic carbocycles. The van der Waals surface area contributed by atoms with Crippen molar-refractivity contribution in [1.29, 1.82) is 0 Å². The quantitative estimate of drug-likeness (QED) is 0.647. The van der Waals surface area contributed by atoms with Crippen molar-refractivity contribution in [2.45, 2.75) is 33.0 Å². The van der Waals surface area contributed by atoms with Crippen LogP contribution in [0.1, 0.15) is 26.3 Å². The number of nitro groups is 1. The van der Waals surface area contributed by atoms with Crippen LogP contribution in [0.5, 0.6) is 0 Å². The van der Waals surface area contributed by atoms with Crippen molar-refractivity contribution >= 4 is 17.5 Å². The number of hydrogen-bond acceptors (Lipinski definition) is 5. The Balaban J connectivity index is 3.05. The summed E-state index contributed by atoms with van der Waals surface area (Å²) in [5.74, 6) is 0. The fourth-order valence-electron chi connectivity index (χ4n) is 1.42. The zero-order chi connectivity index (χ0) is 14.6. The Morgan fingerprint density at radius 2 is 2.11 bits per heavy atom. The molecule has 0 radical (unpaired) electrons. The van der Waals surface area contributed by atoms with Crippen molar-refractivity contribution < 1.29 is 19.6 Å². The number of aliphatic hydroxyl groups excluding tert-OH is 1. The topological polar surface area (TPSA) is 102 Å². The second-order valence-corrected chi connectivity index (χ2v) is 4.85. The maximum absolute atomic E-state index is 11.6. The number of nitrogens with one attached hydrogen (secondary N) is 1. The summed E-state index contributed by atoms with van der Waals surface area (Å²) < 4.78 is 5.02. The van der Waals surface area contributed by atoms with E-state index in [9.17, 15) is 14.9 Å². The fraction of sp³-hybridized carbons (Fsp3) is 0.417. The van der Waals surface area contributed by atoms with Crippen LogP contribution in [-0.4, -0.2) is 21.7 Å². The van der Waals surface area contributed by atoms with E-state index in [0.717, 1.165) is 0 Å². The Kier molecular flexibility index (Phi) is 4.44. The Hall–Kier alpha value is -2.15. The molecule has 0 saturated heterocycles. The number of hydrogen-bond donors (Lipinski definition) is 2. The molecule has 0 aliphatic rings. The highest BCUT2D eigenvalue weighted by atomic mass is 16.6. The first kappa shape index (κ1) is 14.9. The number of rotatable bonds is 3. The summed E-state index contributed by atoms with van der Waals surface area (Å²) in [6, 6.07) is 4.16. The maximum Gasteiger partial charge on any atom is 0.412 e. The van der Waals surface area contributed by atoms with E-state index in [4.69, 9.17) is 9.84 Å². The maximum atomic E-state index is 11.6. The number of carbonyl (C=O) groups is 1. The molecule has 0 atom stereocenters. The van der Waals surface area contributed by atoms with Crippen LogP contribution in [0.3, 0.4) is 0 Å². The number of nitrogens with zero attached hydrogens (tertiary/aromatic N) is 1. The first-order valence-electron chi connectivity index (χ1n) is 5.61. The van der Waals surface area contributed by atoms with E-state index in [-0.39, 0.29) is 16.9 Å². The SMILES string of the molecule is CC(C)(C)OC(=O)Nc1c(CO)cccc1[N+](=O)[O-]. The smallest absolute Gasteiger partial charge is 0.412 e. The molecule has 0 unspecified atom stereocenters. The molecule has 0 aliphatic heterocycles. The number of ether oxygens (including phenoxy) is 1. The van der Waals surface area contributed by atoms with Gasteiger partial charge in [0.05, 0.1) is 11.5 Å². The average molecular weight is 268 g/mol. The van der Waals surface area contributed by atoms with E-state index in [0.29, 0.717) is 0 Å². The van der Waals surface area contributed by atoms with Gasteiger partial charge >= 0.3 is 6.09 Å². The summed E-state index contributed by atoms with van der Waals surface area (Å²) in [6.45, 7) is 4.61. The van der Waals surface area contributed by atoms with Crippen LogP contribution >= 0.6 is 0 Å². The van der Waals surface area contributed by atoms with Gasteiger partial charge in [0, 0.05) is 11.6 Å². The second-order valence-electron chi connectivity index (χ2n) is 4.85. The molecular weight excluding hydrogens is 252 g/mol. The molecule has 104 valence electrons. The van der Waals surface area contributed by atoms with Gasteiger partial charge in [0.1, 0.15) is 11.3 Å². The van der Waals surface area contributed by atoms with Crippen molar-refractivity contribution in [2.75, 3.05) is 5.32 Å². The summed E-state index contributed by atoms with van der Waals surface area (Å²) in [5, 5.41) is 22.3. The zero-order valence-corrected chi connectivity index (χ0v) is 11.0. The lowest BCUT2D eigenvalue weighted by Gasteiger charge is -2.20. The highest BCUT2D eigenvalue weighted by Gasteiger charge is 2.22. The van der Waals surface area contributed by atoms with Gasteiger partial charge in [-0.25, -0.2) is 4.79 Å². The average Bonchev–Trinajstić information content (AvgIpc) is 2.26. The van der Waals surface area contributed by atoms with E-state index >= 15 is 0 Å². The van der Waals surface area contributed by atoms with Crippen LogP contribution in [-0.2, 0) is 11.3 Å². The van der Waals surface area contributed by atoms with Gasteiger partial charge in [-0.15, -0.1) is 0 Å². The van der Waals surface area contributed by atoms with Crippen molar-refractivity contribution in [3.63, 3.8) is 0 Å². The molecule has 0 aromatic heterocycles. The number of nitro benzene ring substituents is 1. The van der Waals surface area contributed by atoms with Gasteiger partial charge in [0.25, 0.3) is 5.69 Å². The van der Waals surface area contributed by atoms with Gasteiger partial charge < -0.3 is 9.84 Å². The molecule has 0 spiro atoms. The molecule has 0 bridgehead atoms. The van der Waals surface area contributed by atoms with Crippen LogP contribution in [0.4, 0.5) is 16.2 Å². The van der Waals surface area contributed by atoms with Crippen LogP contribution in [0.15, 0.2) is 18.2 Å². The van der Waals surface area contributed by atoms with Gasteiger partial charge in [-0.05, 0) is 20.8 Å². The Bertz CT molecular complexity index is 493. The molecule has 1 aromatic rings. The lowest BCUT2D eigenvalue weighted by Crippen LogP contribution is -2.27. The third-order valence-corrected chi connectivity index (χ3v) is 2.12.